The molecule has 1 aromatic carbocycles. The Morgan fingerprint density at radius 3 is 2.74 bits per heavy atom. The molecule has 0 atom stereocenters. The first-order valence-electron chi connectivity index (χ1n) is 9.27. The maximum absolute atomic E-state index is 5.79. The molecule has 0 aliphatic heterocycles. The van der Waals surface area contributed by atoms with Crippen molar-refractivity contribution in [2.24, 2.45) is 4.99 Å². The first-order valence-corrected chi connectivity index (χ1v) is 9.27. The molecule has 3 rings (SSSR count). The van der Waals surface area contributed by atoms with Crippen molar-refractivity contribution in [3.05, 3.63) is 48.4 Å². The van der Waals surface area contributed by atoms with E-state index in [1.807, 2.05) is 24.5 Å². The van der Waals surface area contributed by atoms with Crippen LogP contribution in [0.5, 0.6) is 0 Å². The van der Waals surface area contributed by atoms with Crippen molar-refractivity contribution < 1.29 is 4.42 Å². The summed E-state index contributed by atoms with van der Waals surface area (Å²) < 4.78 is 7.97. The summed E-state index contributed by atoms with van der Waals surface area (Å²) in [4.78, 5) is 13.0. The van der Waals surface area contributed by atoms with Crippen molar-refractivity contribution in [1.29, 1.82) is 0 Å². The van der Waals surface area contributed by atoms with Crippen LogP contribution < -0.4 is 10.6 Å². The van der Waals surface area contributed by atoms with Gasteiger partial charge in [-0.1, -0.05) is 32.9 Å². The number of para-hydroxylation sites is 2. The van der Waals surface area contributed by atoms with Gasteiger partial charge in [-0.15, -0.1) is 0 Å². The molecule has 0 fully saturated rings. The Morgan fingerprint density at radius 2 is 2.00 bits per heavy atom. The molecule has 0 amide bonds. The second-order valence-electron chi connectivity index (χ2n) is 7.50. The van der Waals surface area contributed by atoms with Gasteiger partial charge in [0.05, 0.1) is 30.1 Å². The van der Waals surface area contributed by atoms with Crippen LogP contribution in [0.25, 0.3) is 11.0 Å². The number of aliphatic imine (C=N–C) groups is 1. The van der Waals surface area contributed by atoms with E-state index in [4.69, 9.17) is 4.42 Å². The van der Waals surface area contributed by atoms with Crippen LogP contribution in [0.1, 0.15) is 38.8 Å². The van der Waals surface area contributed by atoms with E-state index in [1.165, 1.54) is 5.52 Å². The fourth-order valence-electron chi connectivity index (χ4n) is 2.76. The summed E-state index contributed by atoms with van der Waals surface area (Å²) in [5.41, 5.74) is 2.16. The standard InChI is InChI=1S/C20H28N6O/c1-20(2,3)17-12-23-18(27-17)13-24-19(21-4)22-10-7-11-26-14-25-15-8-5-6-9-16(15)26/h5-6,8-9,12,14H,7,10-11,13H2,1-4H3,(H2,21,22,24). The van der Waals surface area contributed by atoms with Crippen molar-refractivity contribution in [2.75, 3.05) is 13.6 Å². The molecule has 2 heterocycles. The number of benzene rings is 1. The average molecular weight is 368 g/mol. The number of guanidine groups is 1. The number of fused-ring (bicyclic) bond motifs is 1. The van der Waals surface area contributed by atoms with E-state index in [2.05, 4.69) is 57.0 Å². The molecule has 2 N–H and O–H groups in total. The zero-order chi connectivity index (χ0) is 19.3. The Hall–Kier alpha value is -2.83. The van der Waals surface area contributed by atoms with Gasteiger partial charge in [-0.25, -0.2) is 9.97 Å². The summed E-state index contributed by atoms with van der Waals surface area (Å²) in [6, 6.07) is 8.18. The van der Waals surface area contributed by atoms with Gasteiger partial charge in [0.2, 0.25) is 5.89 Å². The van der Waals surface area contributed by atoms with E-state index < -0.39 is 0 Å². The molecule has 3 aromatic rings. The molecule has 0 bridgehead atoms. The number of imidazole rings is 1. The van der Waals surface area contributed by atoms with Gasteiger partial charge in [0.25, 0.3) is 0 Å². The largest absolute Gasteiger partial charge is 0.443 e. The highest BCUT2D eigenvalue weighted by Crippen LogP contribution is 2.22. The Bertz CT molecular complexity index is 902. The second kappa shape index (κ2) is 8.24. The van der Waals surface area contributed by atoms with Gasteiger partial charge in [-0.3, -0.25) is 4.99 Å². The van der Waals surface area contributed by atoms with Gasteiger partial charge in [-0.2, -0.15) is 0 Å². The molecular formula is C20H28N6O. The SMILES string of the molecule is CN=C(NCCCn1cnc2ccccc21)NCc1ncc(C(C)(C)C)o1. The number of nitrogens with zero attached hydrogens (tertiary/aromatic N) is 4. The third-order valence-corrected chi connectivity index (χ3v) is 4.32. The number of aryl methyl sites for hydroxylation is 1. The van der Waals surface area contributed by atoms with Crippen LogP contribution in [0.4, 0.5) is 0 Å². The Morgan fingerprint density at radius 1 is 1.19 bits per heavy atom. The summed E-state index contributed by atoms with van der Waals surface area (Å²) in [5, 5.41) is 6.56. The molecule has 144 valence electrons. The lowest BCUT2D eigenvalue weighted by molar-refractivity contribution is 0.379. The van der Waals surface area contributed by atoms with Gasteiger partial charge >= 0.3 is 0 Å². The molecular weight excluding hydrogens is 340 g/mol. The molecule has 7 heteroatoms. The zero-order valence-electron chi connectivity index (χ0n) is 16.5. The molecule has 0 radical (unpaired) electrons. The number of hydrogen-bond donors (Lipinski definition) is 2. The van der Waals surface area contributed by atoms with Crippen LogP contribution in [-0.4, -0.2) is 34.1 Å². The number of oxazole rings is 1. The van der Waals surface area contributed by atoms with Crippen LogP contribution in [0, 0.1) is 0 Å². The highest BCUT2D eigenvalue weighted by atomic mass is 16.4. The van der Waals surface area contributed by atoms with Crippen molar-refractivity contribution in [1.82, 2.24) is 25.2 Å². The first kappa shape index (κ1) is 18.9. The highest BCUT2D eigenvalue weighted by Gasteiger charge is 2.19. The van der Waals surface area contributed by atoms with E-state index >= 15 is 0 Å². The van der Waals surface area contributed by atoms with Crippen LogP contribution in [-0.2, 0) is 18.5 Å². The lowest BCUT2D eigenvalue weighted by atomic mass is 9.94. The van der Waals surface area contributed by atoms with Gasteiger partial charge in [0.1, 0.15) is 5.76 Å². The zero-order valence-corrected chi connectivity index (χ0v) is 16.5. The van der Waals surface area contributed by atoms with Crippen molar-refractivity contribution in [3.8, 4) is 0 Å². The molecule has 0 unspecified atom stereocenters. The fourth-order valence-corrected chi connectivity index (χ4v) is 2.76. The highest BCUT2D eigenvalue weighted by molar-refractivity contribution is 5.79. The minimum Gasteiger partial charge on any atom is -0.443 e. The topological polar surface area (TPSA) is 80.3 Å². The summed E-state index contributed by atoms with van der Waals surface area (Å²) in [5.74, 6) is 2.28. The normalized spacial score (nSPS) is 12.5. The maximum Gasteiger partial charge on any atom is 0.213 e. The molecule has 27 heavy (non-hydrogen) atoms. The smallest absolute Gasteiger partial charge is 0.213 e. The molecule has 2 aromatic heterocycles. The van der Waals surface area contributed by atoms with E-state index in [0.717, 1.165) is 36.7 Å². The summed E-state index contributed by atoms with van der Waals surface area (Å²) >= 11 is 0. The van der Waals surface area contributed by atoms with E-state index in [1.54, 1.807) is 13.2 Å². The molecule has 0 aliphatic carbocycles. The summed E-state index contributed by atoms with van der Waals surface area (Å²) in [6.07, 6.45) is 4.66. The van der Waals surface area contributed by atoms with Gasteiger partial charge in [-0.05, 0) is 18.6 Å². The number of hydrogen-bond acceptors (Lipinski definition) is 4. The fraction of sp³-hybridized carbons (Fsp3) is 0.450. The Labute approximate surface area is 159 Å². The van der Waals surface area contributed by atoms with Gasteiger partial charge < -0.3 is 19.6 Å². The molecule has 7 nitrogen and oxygen atoms in total. The lowest BCUT2D eigenvalue weighted by Gasteiger charge is -2.13. The van der Waals surface area contributed by atoms with Crippen LogP contribution >= 0.6 is 0 Å². The van der Waals surface area contributed by atoms with Crippen molar-refractivity contribution >= 4 is 17.0 Å². The van der Waals surface area contributed by atoms with Gasteiger partial charge in [0.15, 0.2) is 5.96 Å². The van der Waals surface area contributed by atoms with Crippen LogP contribution in [0.2, 0.25) is 0 Å². The number of aromatic nitrogens is 3. The average Bonchev–Trinajstić information content (AvgIpc) is 3.28. The monoisotopic (exact) mass is 368 g/mol. The molecule has 0 spiro atoms. The second-order valence-corrected chi connectivity index (χ2v) is 7.50. The van der Waals surface area contributed by atoms with Crippen LogP contribution in [0.3, 0.4) is 0 Å². The summed E-state index contributed by atoms with van der Waals surface area (Å²) in [7, 11) is 1.76. The Balaban J connectivity index is 1.43. The minimum atomic E-state index is -0.0390. The van der Waals surface area contributed by atoms with Crippen LogP contribution in [0.15, 0.2) is 46.2 Å². The third-order valence-electron chi connectivity index (χ3n) is 4.32. The minimum absolute atomic E-state index is 0.0390. The molecule has 0 saturated carbocycles. The number of rotatable bonds is 6. The first-order chi connectivity index (χ1) is 13.0. The van der Waals surface area contributed by atoms with E-state index in [0.29, 0.717) is 12.4 Å². The summed E-state index contributed by atoms with van der Waals surface area (Å²) in [6.45, 7) is 8.53. The molecule has 0 saturated heterocycles. The van der Waals surface area contributed by atoms with E-state index in [-0.39, 0.29) is 5.41 Å². The predicted octanol–water partition coefficient (Wildman–Crippen LogP) is 3.08. The van der Waals surface area contributed by atoms with E-state index in [9.17, 15) is 0 Å². The van der Waals surface area contributed by atoms with Gasteiger partial charge in [0, 0.05) is 25.6 Å². The predicted molar refractivity (Wildman–Crippen MR) is 108 cm³/mol. The lowest BCUT2D eigenvalue weighted by Crippen LogP contribution is -2.37. The molecule has 0 aliphatic rings. The quantitative estimate of drug-likeness (QED) is 0.397. The van der Waals surface area contributed by atoms with Crippen molar-refractivity contribution in [3.63, 3.8) is 0 Å². The maximum atomic E-state index is 5.79. The van der Waals surface area contributed by atoms with Crippen molar-refractivity contribution in [2.45, 2.75) is 45.7 Å². The third kappa shape index (κ3) is 4.87. The Kier molecular flexibility index (Phi) is 5.78. The number of nitrogens with one attached hydrogen (secondary N) is 2.